The molecule has 2 atom stereocenters. The average Bonchev–Trinajstić information content (AvgIpc) is 2.88. The van der Waals surface area contributed by atoms with Gasteiger partial charge in [0.15, 0.2) is 0 Å². The van der Waals surface area contributed by atoms with Crippen molar-refractivity contribution in [1.82, 2.24) is 25.2 Å². The summed E-state index contributed by atoms with van der Waals surface area (Å²) in [6.45, 7) is 5.12. The fourth-order valence-electron chi connectivity index (χ4n) is 4.53. The van der Waals surface area contributed by atoms with Crippen LogP contribution in [0.15, 0.2) is 42.7 Å². The molecular formula is C26H31ClFN7O3S. The highest BCUT2D eigenvalue weighted by Crippen LogP contribution is 2.23. The second-order valence-corrected chi connectivity index (χ2v) is 11.7. The van der Waals surface area contributed by atoms with Gasteiger partial charge in [0, 0.05) is 48.8 Å². The van der Waals surface area contributed by atoms with E-state index in [-0.39, 0.29) is 28.8 Å². The van der Waals surface area contributed by atoms with Crippen LogP contribution in [0.25, 0.3) is 0 Å². The molecule has 0 spiro atoms. The molecule has 1 amide bonds. The Morgan fingerprint density at radius 2 is 2.03 bits per heavy atom. The van der Waals surface area contributed by atoms with Gasteiger partial charge in [0.1, 0.15) is 11.6 Å². The predicted octanol–water partition coefficient (Wildman–Crippen LogP) is 4.12. The van der Waals surface area contributed by atoms with E-state index in [4.69, 9.17) is 11.6 Å². The van der Waals surface area contributed by atoms with Crippen molar-refractivity contribution in [3.8, 4) is 0 Å². The smallest absolute Gasteiger partial charge is 0.254 e. The number of halogens is 2. The number of carbonyl (C=O) groups excluding carboxylic acids is 1. The summed E-state index contributed by atoms with van der Waals surface area (Å²) in [7, 11) is -3.50. The van der Waals surface area contributed by atoms with Crippen LogP contribution < -0.4 is 15.4 Å². The number of carbonyl (C=O) groups is 1. The third kappa shape index (κ3) is 7.61. The summed E-state index contributed by atoms with van der Waals surface area (Å²) in [5.41, 5.74) is 2.84. The van der Waals surface area contributed by atoms with Crippen molar-refractivity contribution in [3.05, 3.63) is 70.4 Å². The van der Waals surface area contributed by atoms with Gasteiger partial charge in [-0.3, -0.25) is 9.52 Å². The lowest BCUT2D eigenvalue weighted by Crippen LogP contribution is -2.49. The molecule has 0 aliphatic carbocycles. The molecule has 1 aliphatic heterocycles. The van der Waals surface area contributed by atoms with Gasteiger partial charge in [0.05, 0.1) is 17.0 Å². The highest BCUT2D eigenvalue weighted by Gasteiger charge is 2.29. The Hall–Kier alpha value is -3.35. The second-order valence-electron chi connectivity index (χ2n) is 9.53. The number of benzene rings is 1. The normalized spacial score (nSPS) is 17.6. The number of anilines is 3. The number of sulfonamides is 1. The van der Waals surface area contributed by atoms with Crippen LogP contribution in [0.5, 0.6) is 0 Å². The van der Waals surface area contributed by atoms with Gasteiger partial charge in [-0.05, 0) is 62.1 Å². The topological polar surface area (TPSA) is 129 Å². The van der Waals surface area contributed by atoms with Gasteiger partial charge in [0.25, 0.3) is 5.91 Å². The second kappa shape index (κ2) is 12.2. The molecule has 0 unspecified atom stereocenters. The van der Waals surface area contributed by atoms with E-state index >= 15 is 0 Å². The first kappa shape index (κ1) is 28.7. The lowest BCUT2D eigenvalue weighted by atomic mass is 9.97. The highest BCUT2D eigenvalue weighted by molar-refractivity contribution is 7.92. The molecule has 1 saturated heterocycles. The van der Waals surface area contributed by atoms with Crippen LogP contribution in [-0.4, -0.2) is 59.1 Å². The number of nitrogens with one attached hydrogen (secondary N) is 3. The summed E-state index contributed by atoms with van der Waals surface area (Å²) in [5, 5.41) is 6.66. The number of rotatable bonds is 9. The maximum Gasteiger partial charge on any atom is 0.254 e. The summed E-state index contributed by atoms with van der Waals surface area (Å²) in [5.74, 6) is -0.158. The van der Waals surface area contributed by atoms with Gasteiger partial charge in [-0.25, -0.2) is 27.8 Å². The first-order valence-electron chi connectivity index (χ1n) is 12.6. The standard InChI is InChI=1S/C26H31ClFN7O3S/c1-4-17-14-31-26(32-20-5-6-22(28)21(27)13-20)33-23(17)15-30-19-8-10-35(16(2)11-19)25(36)18-7-9-29-24(12-18)34-39(3,37)38/h5-7,9,12-14,16,19,30H,4,8,10-11,15H2,1-3H3,(H,29,34)(H,31,32,33)/t16-,19+/m1/s1. The number of likely N-dealkylation sites (tertiary alicyclic amines) is 1. The number of hydrogen-bond donors (Lipinski definition) is 3. The molecule has 1 aromatic carbocycles. The van der Waals surface area contributed by atoms with Crippen molar-refractivity contribution in [1.29, 1.82) is 0 Å². The zero-order valence-corrected chi connectivity index (χ0v) is 23.5. The van der Waals surface area contributed by atoms with Gasteiger partial charge < -0.3 is 15.5 Å². The van der Waals surface area contributed by atoms with Gasteiger partial charge in [-0.15, -0.1) is 0 Å². The summed E-state index contributed by atoms with van der Waals surface area (Å²) >= 11 is 5.88. The minimum atomic E-state index is -3.50. The molecule has 3 aromatic rings. The maximum absolute atomic E-state index is 13.5. The molecule has 39 heavy (non-hydrogen) atoms. The molecule has 13 heteroatoms. The number of pyridine rings is 1. The van der Waals surface area contributed by atoms with E-state index < -0.39 is 15.8 Å². The zero-order valence-electron chi connectivity index (χ0n) is 21.9. The van der Waals surface area contributed by atoms with Gasteiger partial charge >= 0.3 is 0 Å². The monoisotopic (exact) mass is 575 g/mol. The molecule has 3 heterocycles. The summed E-state index contributed by atoms with van der Waals surface area (Å²) in [4.78, 5) is 28.0. The van der Waals surface area contributed by atoms with Crippen LogP contribution in [0, 0.1) is 5.82 Å². The molecule has 0 radical (unpaired) electrons. The number of amides is 1. The third-order valence-electron chi connectivity index (χ3n) is 6.50. The molecule has 1 aliphatic rings. The zero-order chi connectivity index (χ0) is 28.2. The van der Waals surface area contributed by atoms with Crippen LogP contribution in [-0.2, 0) is 23.0 Å². The summed E-state index contributed by atoms with van der Waals surface area (Å²) in [6, 6.07) is 7.52. The van der Waals surface area contributed by atoms with Crippen molar-refractivity contribution >= 4 is 45.0 Å². The molecular weight excluding hydrogens is 545 g/mol. The molecule has 3 N–H and O–H groups in total. The van der Waals surface area contributed by atoms with Crippen LogP contribution >= 0.6 is 11.6 Å². The molecule has 0 saturated carbocycles. The SMILES string of the molecule is CCc1cnc(Nc2ccc(F)c(Cl)c2)nc1CN[C@H]1CCN(C(=O)c2ccnc(NS(C)(=O)=O)c2)[C@H](C)C1. The third-order valence-corrected chi connectivity index (χ3v) is 7.37. The lowest BCUT2D eigenvalue weighted by Gasteiger charge is -2.38. The lowest BCUT2D eigenvalue weighted by molar-refractivity contribution is 0.0601. The fourth-order valence-corrected chi connectivity index (χ4v) is 5.20. The van der Waals surface area contributed by atoms with Crippen molar-refractivity contribution in [2.75, 3.05) is 22.8 Å². The van der Waals surface area contributed by atoms with E-state index in [9.17, 15) is 17.6 Å². The Morgan fingerprint density at radius 3 is 2.72 bits per heavy atom. The van der Waals surface area contributed by atoms with Crippen molar-refractivity contribution < 1.29 is 17.6 Å². The molecule has 4 rings (SSSR count). The van der Waals surface area contributed by atoms with Gasteiger partial charge in [0.2, 0.25) is 16.0 Å². The van der Waals surface area contributed by atoms with E-state index in [0.717, 1.165) is 36.8 Å². The Bertz CT molecular complexity index is 1460. The summed E-state index contributed by atoms with van der Waals surface area (Å²) in [6.07, 6.45) is 6.50. The van der Waals surface area contributed by atoms with E-state index in [1.807, 2.05) is 13.8 Å². The van der Waals surface area contributed by atoms with E-state index in [1.165, 1.54) is 24.4 Å². The maximum atomic E-state index is 13.5. The van der Waals surface area contributed by atoms with Crippen LogP contribution in [0.2, 0.25) is 5.02 Å². The van der Waals surface area contributed by atoms with E-state index in [2.05, 4.69) is 30.3 Å². The van der Waals surface area contributed by atoms with Crippen LogP contribution in [0.4, 0.5) is 21.8 Å². The number of hydrogen-bond acceptors (Lipinski definition) is 8. The Balaban J connectivity index is 1.37. The first-order valence-corrected chi connectivity index (χ1v) is 14.8. The summed E-state index contributed by atoms with van der Waals surface area (Å²) < 4.78 is 38.8. The highest BCUT2D eigenvalue weighted by atomic mass is 35.5. The van der Waals surface area contributed by atoms with Crippen molar-refractivity contribution in [2.24, 2.45) is 0 Å². The molecule has 2 aromatic heterocycles. The number of nitrogens with zero attached hydrogens (tertiary/aromatic N) is 4. The Kier molecular flexibility index (Phi) is 8.98. The molecule has 10 nitrogen and oxygen atoms in total. The minimum Gasteiger partial charge on any atom is -0.336 e. The first-order chi connectivity index (χ1) is 18.5. The van der Waals surface area contributed by atoms with Crippen LogP contribution in [0.3, 0.4) is 0 Å². The van der Waals surface area contributed by atoms with Crippen molar-refractivity contribution in [2.45, 2.75) is 51.7 Å². The minimum absolute atomic E-state index is 0.0148. The average molecular weight is 576 g/mol. The Labute approximate surface area is 232 Å². The number of aromatic nitrogens is 3. The van der Waals surface area contributed by atoms with E-state index in [0.29, 0.717) is 30.3 Å². The molecule has 208 valence electrons. The molecule has 0 bridgehead atoms. The van der Waals surface area contributed by atoms with E-state index in [1.54, 1.807) is 23.2 Å². The predicted molar refractivity (Wildman–Crippen MR) is 149 cm³/mol. The number of aryl methyl sites for hydroxylation is 1. The van der Waals surface area contributed by atoms with Crippen LogP contribution in [0.1, 0.15) is 48.3 Å². The fraction of sp³-hybridized carbons (Fsp3) is 0.385. The van der Waals surface area contributed by atoms with Crippen molar-refractivity contribution in [3.63, 3.8) is 0 Å². The van der Waals surface area contributed by atoms with Gasteiger partial charge in [-0.1, -0.05) is 18.5 Å². The largest absolute Gasteiger partial charge is 0.336 e. The van der Waals surface area contributed by atoms with Gasteiger partial charge in [-0.2, -0.15) is 0 Å². The molecule has 1 fully saturated rings. The Morgan fingerprint density at radius 1 is 1.23 bits per heavy atom. The quantitative estimate of drug-likeness (QED) is 0.347. The number of piperidine rings is 1.